The number of benzene rings is 2. The second kappa shape index (κ2) is 9.87. The Hall–Kier alpha value is -3.50. The number of methoxy groups -OCH3 is 1. The summed E-state index contributed by atoms with van der Waals surface area (Å²) in [5, 5.41) is 9.01. The number of nitrogens with zero attached hydrogens (tertiary/aromatic N) is 3. The predicted molar refractivity (Wildman–Crippen MR) is 135 cm³/mol. The smallest absolute Gasteiger partial charge is 0.254 e. The third-order valence-corrected chi connectivity index (χ3v) is 7.48. The lowest BCUT2D eigenvalue weighted by atomic mass is 9.85. The fraction of sp³-hybridized carbons (Fsp3) is 0.414. The van der Waals surface area contributed by atoms with E-state index in [1.54, 1.807) is 36.3 Å². The third-order valence-electron chi connectivity index (χ3n) is 7.48. The summed E-state index contributed by atoms with van der Waals surface area (Å²) < 4.78 is 20.9. The van der Waals surface area contributed by atoms with Gasteiger partial charge in [-0.3, -0.25) is 4.79 Å². The minimum absolute atomic E-state index is 0.0582. The minimum Gasteiger partial charge on any atom is -0.384 e. The van der Waals surface area contributed by atoms with Crippen molar-refractivity contribution in [2.75, 3.05) is 26.8 Å². The standard InChI is InChI=1S/C29H31FN4O2/c1-19-15-24(21-5-6-21)25(26-18-32-27(33-26)9-14-36-2)16-23(19)28(35)34-12-10-29(30,11-13-34)22-7-3-20(17-31)4-8-22/h3-4,7-8,15-16,18,21H,5-6,9-14H2,1-2H3,(H,32,33). The van der Waals surface area contributed by atoms with Crippen molar-refractivity contribution in [1.29, 1.82) is 5.26 Å². The molecule has 2 aliphatic rings. The van der Waals surface area contributed by atoms with Crippen molar-refractivity contribution in [3.05, 3.63) is 76.2 Å². The van der Waals surface area contributed by atoms with Gasteiger partial charge in [0.15, 0.2) is 0 Å². The van der Waals surface area contributed by atoms with Crippen LogP contribution in [-0.2, 0) is 16.8 Å². The molecule has 1 aromatic heterocycles. The van der Waals surface area contributed by atoms with E-state index in [0.717, 1.165) is 35.5 Å². The normalized spacial score (nSPS) is 17.1. The number of likely N-dealkylation sites (tertiary alicyclic amines) is 1. The molecule has 0 spiro atoms. The molecular weight excluding hydrogens is 455 g/mol. The van der Waals surface area contributed by atoms with Gasteiger partial charge in [-0.05, 0) is 60.6 Å². The fourth-order valence-corrected chi connectivity index (χ4v) is 5.12. The summed E-state index contributed by atoms with van der Waals surface area (Å²) in [6, 6.07) is 12.9. The van der Waals surface area contributed by atoms with Gasteiger partial charge in [0.2, 0.25) is 0 Å². The van der Waals surface area contributed by atoms with E-state index in [1.807, 2.05) is 19.2 Å². The number of aromatic amines is 1. The van der Waals surface area contributed by atoms with E-state index in [2.05, 4.69) is 22.1 Å². The zero-order valence-electron chi connectivity index (χ0n) is 20.8. The molecule has 1 aliphatic heterocycles. The summed E-state index contributed by atoms with van der Waals surface area (Å²) in [6.07, 6.45) is 5.33. The number of rotatable bonds is 7. The summed E-state index contributed by atoms with van der Waals surface area (Å²) >= 11 is 0. The molecule has 5 rings (SSSR count). The van der Waals surface area contributed by atoms with Crippen molar-refractivity contribution >= 4 is 5.91 Å². The van der Waals surface area contributed by atoms with Crippen molar-refractivity contribution in [3.63, 3.8) is 0 Å². The Balaban J connectivity index is 1.37. The van der Waals surface area contributed by atoms with Crippen molar-refractivity contribution in [1.82, 2.24) is 14.9 Å². The lowest BCUT2D eigenvalue weighted by Gasteiger charge is -2.37. The molecule has 0 unspecified atom stereocenters. The van der Waals surface area contributed by atoms with Gasteiger partial charge in [-0.15, -0.1) is 0 Å². The van der Waals surface area contributed by atoms with Gasteiger partial charge in [-0.25, -0.2) is 9.37 Å². The van der Waals surface area contributed by atoms with E-state index in [9.17, 15) is 4.79 Å². The highest BCUT2D eigenvalue weighted by Gasteiger charge is 2.38. The van der Waals surface area contributed by atoms with Crippen LogP contribution in [0.1, 0.15) is 70.0 Å². The largest absolute Gasteiger partial charge is 0.384 e. The van der Waals surface area contributed by atoms with Crippen molar-refractivity contribution in [2.45, 2.75) is 50.6 Å². The number of nitrogens with one attached hydrogen (secondary N) is 1. The molecule has 1 amide bonds. The van der Waals surface area contributed by atoms with E-state index in [1.165, 1.54) is 5.56 Å². The minimum atomic E-state index is -1.49. The van der Waals surface area contributed by atoms with Crippen LogP contribution in [0.2, 0.25) is 0 Å². The first-order chi connectivity index (χ1) is 17.4. The van der Waals surface area contributed by atoms with Crippen LogP contribution in [0, 0.1) is 18.3 Å². The molecule has 1 N–H and O–H groups in total. The molecule has 2 aromatic carbocycles. The number of carbonyl (C=O) groups excluding carboxylic acids is 1. The summed E-state index contributed by atoms with van der Waals surface area (Å²) in [4.78, 5) is 23.3. The monoisotopic (exact) mass is 486 g/mol. The Labute approximate surface area is 211 Å². The Morgan fingerprint density at radius 1 is 1.25 bits per heavy atom. The van der Waals surface area contributed by atoms with Gasteiger partial charge in [0.1, 0.15) is 11.5 Å². The summed E-state index contributed by atoms with van der Waals surface area (Å²) in [6.45, 7) is 3.27. The average Bonchev–Trinajstić information content (AvgIpc) is 3.65. The predicted octanol–water partition coefficient (Wildman–Crippen LogP) is 5.42. The van der Waals surface area contributed by atoms with Crippen molar-refractivity contribution in [2.24, 2.45) is 0 Å². The molecule has 0 atom stereocenters. The second-order valence-electron chi connectivity index (χ2n) is 9.96. The molecule has 2 heterocycles. The number of aromatic nitrogens is 2. The van der Waals surface area contributed by atoms with E-state index in [4.69, 9.17) is 10.00 Å². The summed E-state index contributed by atoms with van der Waals surface area (Å²) in [5.41, 5.74) is 4.41. The van der Waals surface area contributed by atoms with Crippen LogP contribution in [0.15, 0.2) is 42.6 Å². The number of hydrogen-bond donors (Lipinski definition) is 1. The maximum atomic E-state index is 15.7. The number of carbonyl (C=O) groups is 1. The number of imidazole rings is 1. The number of aryl methyl sites for hydroxylation is 1. The quantitative estimate of drug-likeness (QED) is 0.483. The zero-order valence-corrected chi connectivity index (χ0v) is 20.8. The van der Waals surface area contributed by atoms with Crippen LogP contribution in [-0.4, -0.2) is 47.6 Å². The summed E-state index contributed by atoms with van der Waals surface area (Å²) in [5.74, 6) is 1.32. The van der Waals surface area contributed by atoms with E-state index >= 15 is 4.39 Å². The van der Waals surface area contributed by atoms with Crippen LogP contribution in [0.4, 0.5) is 4.39 Å². The Bertz CT molecular complexity index is 1300. The van der Waals surface area contributed by atoms with Crippen LogP contribution in [0.5, 0.6) is 0 Å². The number of piperidine rings is 1. The second-order valence-corrected chi connectivity index (χ2v) is 9.96. The summed E-state index contributed by atoms with van der Waals surface area (Å²) in [7, 11) is 1.67. The Morgan fingerprint density at radius 3 is 2.61 bits per heavy atom. The number of ether oxygens (including phenoxy) is 1. The first-order valence-corrected chi connectivity index (χ1v) is 12.6. The van der Waals surface area contributed by atoms with Gasteiger partial charge in [0, 0.05) is 50.6 Å². The Kier molecular flexibility index (Phi) is 6.63. The molecule has 7 heteroatoms. The van der Waals surface area contributed by atoms with E-state index < -0.39 is 5.67 Å². The van der Waals surface area contributed by atoms with Crippen molar-refractivity contribution < 1.29 is 13.9 Å². The molecule has 6 nitrogen and oxygen atoms in total. The highest BCUT2D eigenvalue weighted by molar-refractivity contribution is 5.97. The molecule has 0 bridgehead atoms. The number of alkyl halides is 1. The van der Waals surface area contributed by atoms with Gasteiger partial charge in [-0.2, -0.15) is 5.26 Å². The lowest BCUT2D eigenvalue weighted by molar-refractivity contribution is 0.0421. The molecule has 36 heavy (non-hydrogen) atoms. The van der Waals surface area contributed by atoms with Gasteiger partial charge in [0.05, 0.1) is 30.1 Å². The van der Waals surface area contributed by atoms with E-state index in [0.29, 0.717) is 48.7 Å². The van der Waals surface area contributed by atoms with Gasteiger partial charge >= 0.3 is 0 Å². The number of nitriles is 1. The molecule has 1 saturated carbocycles. The number of amides is 1. The van der Waals surface area contributed by atoms with Crippen LogP contribution in [0.3, 0.4) is 0 Å². The number of hydrogen-bond acceptors (Lipinski definition) is 4. The van der Waals surface area contributed by atoms with Crippen LogP contribution >= 0.6 is 0 Å². The average molecular weight is 487 g/mol. The molecule has 1 saturated heterocycles. The maximum Gasteiger partial charge on any atom is 0.254 e. The molecular formula is C29H31FN4O2. The number of halogens is 1. The third kappa shape index (κ3) is 4.78. The molecule has 3 aromatic rings. The maximum absolute atomic E-state index is 15.7. The van der Waals surface area contributed by atoms with Crippen LogP contribution < -0.4 is 0 Å². The Morgan fingerprint density at radius 2 is 1.97 bits per heavy atom. The topological polar surface area (TPSA) is 82.0 Å². The van der Waals surface area contributed by atoms with E-state index in [-0.39, 0.29) is 18.7 Å². The first kappa shape index (κ1) is 24.2. The highest BCUT2D eigenvalue weighted by atomic mass is 19.1. The van der Waals surface area contributed by atoms with Crippen LogP contribution in [0.25, 0.3) is 11.3 Å². The van der Waals surface area contributed by atoms with Gasteiger partial charge < -0.3 is 14.6 Å². The highest BCUT2D eigenvalue weighted by Crippen LogP contribution is 2.45. The van der Waals surface area contributed by atoms with Gasteiger partial charge in [-0.1, -0.05) is 18.2 Å². The first-order valence-electron chi connectivity index (χ1n) is 12.6. The molecule has 1 aliphatic carbocycles. The molecule has 2 fully saturated rings. The SMILES string of the molecule is COCCc1ncc(-c2cc(C(=O)N3CCC(F)(c4ccc(C#N)cc4)CC3)c(C)cc2C2CC2)[nH]1. The van der Waals surface area contributed by atoms with Crippen molar-refractivity contribution in [3.8, 4) is 17.3 Å². The van der Waals surface area contributed by atoms with Gasteiger partial charge in [0.25, 0.3) is 5.91 Å². The molecule has 0 radical (unpaired) electrons. The lowest BCUT2D eigenvalue weighted by Crippen LogP contribution is -2.43. The zero-order chi connectivity index (χ0) is 25.3. The molecule has 186 valence electrons. The fourth-order valence-electron chi connectivity index (χ4n) is 5.12. The number of H-pyrrole nitrogens is 1.